The van der Waals surface area contributed by atoms with Crippen molar-refractivity contribution in [1.82, 2.24) is 5.32 Å². The highest BCUT2D eigenvalue weighted by Crippen LogP contribution is 2.13. The lowest BCUT2D eigenvalue weighted by atomic mass is 10.0. The van der Waals surface area contributed by atoms with Crippen LogP contribution in [0, 0.1) is 0 Å². The van der Waals surface area contributed by atoms with E-state index in [1.54, 1.807) is 6.92 Å². The Balaban J connectivity index is 2.65. The molecule has 2 atom stereocenters. The molecular formula is C13H20N2O. The van der Waals surface area contributed by atoms with E-state index in [4.69, 9.17) is 5.73 Å². The van der Waals surface area contributed by atoms with E-state index in [0.717, 1.165) is 12.0 Å². The van der Waals surface area contributed by atoms with Gasteiger partial charge in [0.05, 0.1) is 12.1 Å². The van der Waals surface area contributed by atoms with Crippen molar-refractivity contribution >= 4 is 5.91 Å². The third kappa shape index (κ3) is 3.35. The van der Waals surface area contributed by atoms with Crippen LogP contribution >= 0.6 is 0 Å². The van der Waals surface area contributed by atoms with Crippen LogP contribution in [0.15, 0.2) is 24.3 Å². The zero-order chi connectivity index (χ0) is 12.1. The maximum Gasteiger partial charge on any atom is 0.237 e. The number of nitrogens with two attached hydrogens (primary N) is 1. The Kier molecular flexibility index (Phi) is 4.50. The normalized spacial score (nSPS) is 14.2. The molecule has 0 heterocycles. The molecule has 0 saturated carbocycles. The fraction of sp³-hybridized carbons (Fsp3) is 0.462. The Morgan fingerprint density at radius 2 is 1.88 bits per heavy atom. The summed E-state index contributed by atoms with van der Waals surface area (Å²) in [6.07, 6.45) is 1.03. The molecule has 1 aromatic rings. The summed E-state index contributed by atoms with van der Waals surface area (Å²) in [5.41, 5.74) is 7.90. The second kappa shape index (κ2) is 5.66. The smallest absolute Gasteiger partial charge is 0.237 e. The maximum atomic E-state index is 11.4. The fourth-order valence-electron chi connectivity index (χ4n) is 1.47. The van der Waals surface area contributed by atoms with Crippen molar-refractivity contribution in [2.45, 2.75) is 39.3 Å². The Morgan fingerprint density at radius 1 is 1.31 bits per heavy atom. The average molecular weight is 220 g/mol. The van der Waals surface area contributed by atoms with E-state index in [-0.39, 0.29) is 11.9 Å². The number of aryl methyl sites for hydroxylation is 1. The molecule has 1 aromatic carbocycles. The molecule has 0 radical (unpaired) electrons. The van der Waals surface area contributed by atoms with Crippen molar-refractivity contribution in [3.63, 3.8) is 0 Å². The number of hydrogen-bond donors (Lipinski definition) is 2. The number of nitrogens with one attached hydrogen (secondary N) is 1. The summed E-state index contributed by atoms with van der Waals surface area (Å²) < 4.78 is 0. The molecule has 0 saturated heterocycles. The zero-order valence-corrected chi connectivity index (χ0v) is 10.2. The molecule has 1 unspecified atom stereocenters. The fourth-order valence-corrected chi connectivity index (χ4v) is 1.47. The van der Waals surface area contributed by atoms with Gasteiger partial charge in [-0.05, 0) is 31.4 Å². The van der Waals surface area contributed by atoms with Crippen LogP contribution in [0.5, 0.6) is 0 Å². The molecule has 0 bridgehead atoms. The summed E-state index contributed by atoms with van der Waals surface area (Å²) in [5.74, 6) is -0.118. The van der Waals surface area contributed by atoms with Crippen molar-refractivity contribution < 1.29 is 4.79 Å². The second-order valence-corrected chi connectivity index (χ2v) is 4.11. The summed E-state index contributed by atoms with van der Waals surface area (Å²) in [7, 11) is 0. The van der Waals surface area contributed by atoms with Gasteiger partial charge in [0.2, 0.25) is 5.91 Å². The summed E-state index contributed by atoms with van der Waals surface area (Å²) >= 11 is 0. The molecule has 0 aliphatic heterocycles. The highest BCUT2D eigenvalue weighted by molar-refractivity contribution is 5.81. The number of rotatable bonds is 4. The number of benzene rings is 1. The number of carbonyl (C=O) groups excluding carboxylic acids is 1. The first-order valence-corrected chi connectivity index (χ1v) is 5.69. The molecule has 16 heavy (non-hydrogen) atoms. The second-order valence-electron chi connectivity index (χ2n) is 4.11. The molecule has 88 valence electrons. The van der Waals surface area contributed by atoms with Crippen molar-refractivity contribution in [3.8, 4) is 0 Å². The van der Waals surface area contributed by atoms with Gasteiger partial charge in [-0.2, -0.15) is 0 Å². The monoisotopic (exact) mass is 220 g/mol. The van der Waals surface area contributed by atoms with Gasteiger partial charge in [0, 0.05) is 0 Å². The molecule has 0 fully saturated rings. The topological polar surface area (TPSA) is 55.1 Å². The van der Waals surface area contributed by atoms with Gasteiger partial charge < -0.3 is 11.1 Å². The van der Waals surface area contributed by atoms with Crippen molar-refractivity contribution in [2.24, 2.45) is 5.73 Å². The predicted octanol–water partition coefficient (Wildman–Crippen LogP) is 1.77. The van der Waals surface area contributed by atoms with Crippen LogP contribution in [0.2, 0.25) is 0 Å². The van der Waals surface area contributed by atoms with E-state index in [9.17, 15) is 4.79 Å². The molecule has 0 aliphatic carbocycles. The van der Waals surface area contributed by atoms with Gasteiger partial charge in [0.15, 0.2) is 0 Å². The first-order valence-electron chi connectivity index (χ1n) is 5.69. The largest absolute Gasteiger partial charge is 0.348 e. The van der Waals surface area contributed by atoms with Crippen LogP contribution in [0.4, 0.5) is 0 Å². The lowest BCUT2D eigenvalue weighted by Crippen LogP contribution is -2.39. The van der Waals surface area contributed by atoms with Crippen LogP contribution in [0.25, 0.3) is 0 Å². The van der Waals surface area contributed by atoms with E-state index >= 15 is 0 Å². The molecule has 1 rings (SSSR count). The highest BCUT2D eigenvalue weighted by Gasteiger charge is 2.12. The van der Waals surface area contributed by atoms with E-state index in [1.807, 2.05) is 19.1 Å². The van der Waals surface area contributed by atoms with Gasteiger partial charge in [-0.15, -0.1) is 0 Å². The minimum absolute atomic E-state index is 0.00408. The lowest BCUT2D eigenvalue weighted by Gasteiger charge is -2.16. The molecule has 0 aliphatic rings. The van der Waals surface area contributed by atoms with Crippen LogP contribution < -0.4 is 11.1 Å². The van der Waals surface area contributed by atoms with Gasteiger partial charge >= 0.3 is 0 Å². The molecule has 3 N–H and O–H groups in total. The predicted molar refractivity (Wildman–Crippen MR) is 66.0 cm³/mol. The highest BCUT2D eigenvalue weighted by atomic mass is 16.2. The summed E-state index contributed by atoms with van der Waals surface area (Å²) in [5, 5.41) is 2.87. The summed E-state index contributed by atoms with van der Waals surface area (Å²) in [6.45, 7) is 5.76. The maximum absolute atomic E-state index is 11.4. The van der Waals surface area contributed by atoms with E-state index in [0.29, 0.717) is 0 Å². The standard InChI is InChI=1S/C13H20N2O/c1-4-11-5-7-12(8-6-11)10(3)15-13(16)9(2)14/h5-10H,4,14H2,1-3H3,(H,15,16)/t9-,10?/m0/s1. The first kappa shape index (κ1) is 12.7. The van der Waals surface area contributed by atoms with Gasteiger partial charge in [0.1, 0.15) is 0 Å². The quantitative estimate of drug-likeness (QED) is 0.812. The molecule has 0 spiro atoms. The Hall–Kier alpha value is -1.35. The first-order chi connectivity index (χ1) is 7.54. The van der Waals surface area contributed by atoms with Crippen molar-refractivity contribution in [3.05, 3.63) is 35.4 Å². The Bertz CT molecular complexity index is 343. The minimum atomic E-state index is -0.461. The summed E-state index contributed by atoms with van der Waals surface area (Å²) in [4.78, 5) is 11.4. The molecule has 3 nitrogen and oxygen atoms in total. The number of amides is 1. The van der Waals surface area contributed by atoms with Gasteiger partial charge in [-0.1, -0.05) is 31.2 Å². The van der Waals surface area contributed by atoms with Gasteiger partial charge in [0.25, 0.3) is 0 Å². The zero-order valence-electron chi connectivity index (χ0n) is 10.2. The molecule has 3 heteroatoms. The van der Waals surface area contributed by atoms with Crippen molar-refractivity contribution in [1.29, 1.82) is 0 Å². The van der Waals surface area contributed by atoms with E-state index < -0.39 is 6.04 Å². The van der Waals surface area contributed by atoms with Crippen LogP contribution in [-0.2, 0) is 11.2 Å². The lowest BCUT2D eigenvalue weighted by molar-refractivity contribution is -0.122. The van der Waals surface area contributed by atoms with E-state index in [1.165, 1.54) is 5.56 Å². The SMILES string of the molecule is CCc1ccc(C(C)NC(=O)[C@H](C)N)cc1. The van der Waals surface area contributed by atoms with Gasteiger partial charge in [-0.3, -0.25) is 4.79 Å². The third-order valence-corrected chi connectivity index (χ3v) is 2.66. The Morgan fingerprint density at radius 3 is 2.31 bits per heavy atom. The summed E-state index contributed by atoms with van der Waals surface area (Å²) in [6, 6.07) is 7.81. The van der Waals surface area contributed by atoms with Crippen molar-refractivity contribution in [2.75, 3.05) is 0 Å². The van der Waals surface area contributed by atoms with E-state index in [2.05, 4.69) is 24.4 Å². The molecule has 1 amide bonds. The van der Waals surface area contributed by atoms with Gasteiger partial charge in [-0.25, -0.2) is 0 Å². The third-order valence-electron chi connectivity index (χ3n) is 2.66. The molecule has 0 aromatic heterocycles. The van der Waals surface area contributed by atoms with Crippen LogP contribution in [0.1, 0.15) is 37.9 Å². The molecular weight excluding hydrogens is 200 g/mol. The van der Waals surface area contributed by atoms with Crippen LogP contribution in [-0.4, -0.2) is 11.9 Å². The average Bonchev–Trinajstić information content (AvgIpc) is 2.28. The van der Waals surface area contributed by atoms with Crippen LogP contribution in [0.3, 0.4) is 0 Å². The number of hydrogen-bond acceptors (Lipinski definition) is 2. The minimum Gasteiger partial charge on any atom is -0.348 e. The Labute approximate surface area is 97.0 Å². The number of carbonyl (C=O) groups is 1.